The third-order valence-corrected chi connectivity index (χ3v) is 4.45. The molecule has 0 aromatic heterocycles. The maximum atomic E-state index is 12.3. The Morgan fingerprint density at radius 2 is 2.05 bits per heavy atom. The summed E-state index contributed by atoms with van der Waals surface area (Å²) in [6.45, 7) is 2.19. The minimum absolute atomic E-state index is 0.0389. The molecule has 0 bridgehead atoms. The summed E-state index contributed by atoms with van der Waals surface area (Å²) in [5.41, 5.74) is 3.24. The van der Waals surface area contributed by atoms with Crippen molar-refractivity contribution in [2.24, 2.45) is 5.92 Å². The van der Waals surface area contributed by atoms with Gasteiger partial charge in [0, 0.05) is 18.4 Å². The van der Waals surface area contributed by atoms with Gasteiger partial charge in [0.2, 0.25) is 5.91 Å². The molecule has 1 aromatic rings. The molecule has 4 nitrogen and oxygen atoms in total. The van der Waals surface area contributed by atoms with E-state index in [4.69, 9.17) is 0 Å². The van der Waals surface area contributed by atoms with Crippen molar-refractivity contribution in [1.29, 1.82) is 0 Å². The standard InChI is InChI=1S/C15H21N3O/c1-16-11-3-4-13-12(9-11)14(15(19)17-13)10-5-7-18(2)8-6-10/h3-4,9-10,14,16H,5-8H2,1-2H3,(H,17,19). The molecule has 19 heavy (non-hydrogen) atoms. The number of hydrogen-bond acceptors (Lipinski definition) is 3. The van der Waals surface area contributed by atoms with Gasteiger partial charge in [0.1, 0.15) is 0 Å². The normalized spacial score (nSPS) is 24.1. The molecular weight excluding hydrogens is 238 g/mol. The zero-order chi connectivity index (χ0) is 13.4. The Morgan fingerprint density at radius 1 is 1.32 bits per heavy atom. The molecule has 1 atom stereocenters. The summed E-state index contributed by atoms with van der Waals surface area (Å²) in [4.78, 5) is 14.6. The lowest BCUT2D eigenvalue weighted by Crippen LogP contribution is -2.34. The Labute approximate surface area is 114 Å². The molecule has 0 spiro atoms. The Morgan fingerprint density at radius 3 is 2.74 bits per heavy atom. The van der Waals surface area contributed by atoms with Crippen LogP contribution in [0.2, 0.25) is 0 Å². The van der Waals surface area contributed by atoms with Crippen LogP contribution >= 0.6 is 0 Å². The number of hydrogen-bond donors (Lipinski definition) is 2. The monoisotopic (exact) mass is 259 g/mol. The second-order valence-corrected chi connectivity index (χ2v) is 5.66. The van der Waals surface area contributed by atoms with Crippen LogP contribution in [0.25, 0.3) is 0 Å². The predicted octanol–water partition coefficient (Wildman–Crippen LogP) is 2.11. The Bertz CT molecular complexity index is 492. The number of amides is 1. The van der Waals surface area contributed by atoms with Crippen molar-refractivity contribution in [3.63, 3.8) is 0 Å². The molecule has 1 aromatic carbocycles. The zero-order valence-electron chi connectivity index (χ0n) is 11.6. The van der Waals surface area contributed by atoms with Gasteiger partial charge in [-0.25, -0.2) is 0 Å². The maximum absolute atomic E-state index is 12.3. The fourth-order valence-electron chi connectivity index (χ4n) is 3.27. The van der Waals surface area contributed by atoms with Crippen LogP contribution in [0.1, 0.15) is 24.3 Å². The lowest BCUT2D eigenvalue weighted by Gasteiger charge is -2.31. The number of carbonyl (C=O) groups excluding carboxylic acids is 1. The van der Waals surface area contributed by atoms with Crippen molar-refractivity contribution in [3.8, 4) is 0 Å². The quantitative estimate of drug-likeness (QED) is 0.855. The summed E-state index contributed by atoms with van der Waals surface area (Å²) >= 11 is 0. The minimum Gasteiger partial charge on any atom is -0.388 e. The molecule has 4 heteroatoms. The van der Waals surface area contributed by atoms with Crippen LogP contribution < -0.4 is 10.6 Å². The summed E-state index contributed by atoms with van der Waals surface area (Å²) in [5, 5.41) is 6.18. The van der Waals surface area contributed by atoms with Gasteiger partial charge in [-0.3, -0.25) is 4.79 Å². The molecule has 0 radical (unpaired) electrons. The Kier molecular flexibility index (Phi) is 3.19. The summed E-state index contributed by atoms with van der Waals surface area (Å²) in [7, 11) is 4.06. The van der Waals surface area contributed by atoms with Gasteiger partial charge in [0.05, 0.1) is 5.92 Å². The van der Waals surface area contributed by atoms with Crippen LogP contribution in [-0.4, -0.2) is 38.0 Å². The molecule has 3 rings (SSSR count). The first-order chi connectivity index (χ1) is 9.19. The van der Waals surface area contributed by atoms with E-state index in [-0.39, 0.29) is 11.8 Å². The fourth-order valence-corrected chi connectivity index (χ4v) is 3.27. The third-order valence-electron chi connectivity index (χ3n) is 4.45. The SMILES string of the molecule is CNc1ccc2c(c1)C(C1CCN(C)CC1)C(=O)N2. The number of piperidine rings is 1. The van der Waals surface area contributed by atoms with Crippen LogP contribution in [0.3, 0.4) is 0 Å². The number of likely N-dealkylation sites (tertiary alicyclic amines) is 1. The molecule has 1 fully saturated rings. The number of nitrogens with one attached hydrogen (secondary N) is 2. The smallest absolute Gasteiger partial charge is 0.232 e. The van der Waals surface area contributed by atoms with Gasteiger partial charge in [0.25, 0.3) is 0 Å². The average molecular weight is 259 g/mol. The van der Waals surface area contributed by atoms with Crippen molar-refractivity contribution >= 4 is 17.3 Å². The number of fused-ring (bicyclic) bond motifs is 1. The van der Waals surface area contributed by atoms with E-state index in [1.54, 1.807) is 0 Å². The van der Waals surface area contributed by atoms with Gasteiger partial charge in [-0.1, -0.05) is 0 Å². The topological polar surface area (TPSA) is 44.4 Å². The average Bonchev–Trinajstić information content (AvgIpc) is 2.75. The van der Waals surface area contributed by atoms with E-state index < -0.39 is 0 Å². The van der Waals surface area contributed by atoms with E-state index >= 15 is 0 Å². The fraction of sp³-hybridized carbons (Fsp3) is 0.533. The van der Waals surface area contributed by atoms with E-state index in [0.29, 0.717) is 5.92 Å². The van der Waals surface area contributed by atoms with E-state index in [0.717, 1.165) is 37.3 Å². The van der Waals surface area contributed by atoms with Crippen molar-refractivity contribution in [2.75, 3.05) is 37.8 Å². The number of rotatable bonds is 2. The van der Waals surface area contributed by atoms with Crippen molar-refractivity contribution < 1.29 is 4.79 Å². The molecule has 2 N–H and O–H groups in total. The summed E-state index contributed by atoms with van der Waals surface area (Å²) in [5.74, 6) is 0.694. The molecule has 2 aliphatic rings. The highest BCUT2D eigenvalue weighted by atomic mass is 16.2. The Balaban J connectivity index is 1.89. The van der Waals surface area contributed by atoms with Crippen molar-refractivity contribution in [3.05, 3.63) is 23.8 Å². The van der Waals surface area contributed by atoms with Crippen LogP contribution in [0.5, 0.6) is 0 Å². The summed E-state index contributed by atoms with van der Waals surface area (Å²) in [6, 6.07) is 6.14. The van der Waals surface area contributed by atoms with E-state index in [1.165, 1.54) is 5.56 Å². The minimum atomic E-state index is 0.0389. The van der Waals surface area contributed by atoms with Crippen LogP contribution in [0.15, 0.2) is 18.2 Å². The molecule has 0 saturated carbocycles. The summed E-state index contributed by atoms with van der Waals surface area (Å²) in [6.07, 6.45) is 2.22. The first kappa shape index (κ1) is 12.5. The molecule has 1 amide bonds. The van der Waals surface area contributed by atoms with Gasteiger partial charge < -0.3 is 15.5 Å². The van der Waals surface area contributed by atoms with Gasteiger partial charge in [-0.15, -0.1) is 0 Å². The molecule has 102 valence electrons. The number of nitrogens with zero attached hydrogens (tertiary/aromatic N) is 1. The molecule has 2 heterocycles. The lowest BCUT2D eigenvalue weighted by atomic mass is 9.81. The number of benzene rings is 1. The first-order valence-electron chi connectivity index (χ1n) is 7.00. The lowest BCUT2D eigenvalue weighted by molar-refractivity contribution is -0.118. The van der Waals surface area contributed by atoms with E-state index in [9.17, 15) is 4.79 Å². The molecular formula is C15H21N3O. The highest BCUT2D eigenvalue weighted by molar-refractivity contribution is 6.03. The second-order valence-electron chi connectivity index (χ2n) is 5.66. The zero-order valence-corrected chi connectivity index (χ0v) is 11.6. The van der Waals surface area contributed by atoms with Crippen molar-refractivity contribution in [1.82, 2.24) is 4.90 Å². The van der Waals surface area contributed by atoms with E-state index in [2.05, 4.69) is 28.6 Å². The number of anilines is 2. The largest absolute Gasteiger partial charge is 0.388 e. The molecule has 1 saturated heterocycles. The van der Waals surface area contributed by atoms with Crippen LogP contribution in [-0.2, 0) is 4.79 Å². The number of carbonyl (C=O) groups is 1. The highest BCUT2D eigenvalue weighted by Gasteiger charge is 2.37. The molecule has 2 aliphatic heterocycles. The Hall–Kier alpha value is -1.55. The summed E-state index contributed by atoms with van der Waals surface area (Å²) < 4.78 is 0. The third kappa shape index (κ3) is 2.21. The van der Waals surface area contributed by atoms with Gasteiger partial charge in [-0.2, -0.15) is 0 Å². The van der Waals surface area contributed by atoms with Crippen molar-refractivity contribution in [2.45, 2.75) is 18.8 Å². The van der Waals surface area contributed by atoms with Gasteiger partial charge >= 0.3 is 0 Å². The molecule has 1 unspecified atom stereocenters. The van der Waals surface area contributed by atoms with Crippen LogP contribution in [0, 0.1) is 5.92 Å². The second kappa shape index (κ2) is 4.85. The predicted molar refractivity (Wildman–Crippen MR) is 77.6 cm³/mol. The van der Waals surface area contributed by atoms with Crippen LogP contribution in [0.4, 0.5) is 11.4 Å². The maximum Gasteiger partial charge on any atom is 0.232 e. The van der Waals surface area contributed by atoms with Gasteiger partial charge in [-0.05, 0) is 62.7 Å². The highest BCUT2D eigenvalue weighted by Crippen LogP contribution is 2.42. The van der Waals surface area contributed by atoms with E-state index in [1.807, 2.05) is 19.2 Å². The van der Waals surface area contributed by atoms with Gasteiger partial charge in [0.15, 0.2) is 0 Å². The molecule has 0 aliphatic carbocycles. The first-order valence-corrected chi connectivity index (χ1v) is 7.00.